The fourth-order valence-electron chi connectivity index (χ4n) is 12.2. The maximum Gasteiger partial charge on any atom is 0.415 e. The van der Waals surface area contributed by atoms with E-state index in [2.05, 4.69) is 26.2 Å². The number of cyclic esters (lactones) is 1. The number of aromatic nitrogens is 2. The highest BCUT2D eigenvalue weighted by Crippen LogP contribution is 2.42. The van der Waals surface area contributed by atoms with Gasteiger partial charge in [0.25, 0.3) is 17.4 Å². The molecule has 5 aliphatic heterocycles. The average molecular weight is 1280 g/mol. The fourth-order valence-corrected chi connectivity index (χ4v) is 12.2. The maximum atomic E-state index is 14.5. The molecule has 7 amide bonds. The number of likely N-dealkylation sites (tertiary alicyclic amines) is 2. The van der Waals surface area contributed by atoms with Gasteiger partial charge in [-0.2, -0.15) is 0 Å². The lowest BCUT2D eigenvalue weighted by molar-refractivity contribution is -0.189. The molecule has 4 N–H and O–H groups in total. The Balaban J connectivity index is 0.818. The van der Waals surface area contributed by atoms with E-state index >= 15 is 0 Å². The Morgan fingerprint density at radius 3 is 2.13 bits per heavy atom. The molecule has 2 fully saturated rings. The topological polar surface area (TPSA) is 320 Å². The number of rotatable bonds is 37. The SMILES string of the molecule is CCOCCOCC(=O)NCCCCC(NC(=O)COCCOCCOCCNC(=O)CCCCCN1C(=O)C=CC1=O)C(=O)NCC(=O)O[C@]1(CC)C(=O)OCc2c1cc1n(c2=O)Cc2c-1nc1ccc(OC(=O)N3CCC(N4CCCCC4)CC3)cc1c2CC. The molecule has 502 valence electrons. The normalized spacial score (nSPS) is 17.4. The van der Waals surface area contributed by atoms with Gasteiger partial charge in [-0.15, -0.1) is 0 Å². The lowest BCUT2D eigenvalue weighted by Crippen LogP contribution is -2.51. The highest BCUT2D eigenvalue weighted by Gasteiger charge is 2.51. The number of hydrogen-bond donors (Lipinski definition) is 4. The van der Waals surface area contributed by atoms with Crippen molar-refractivity contribution in [3.63, 3.8) is 0 Å². The zero-order valence-corrected chi connectivity index (χ0v) is 53.2. The van der Waals surface area contributed by atoms with E-state index in [1.165, 1.54) is 36.3 Å². The third-order valence-electron chi connectivity index (χ3n) is 17.1. The quantitative estimate of drug-likeness (QED) is 0.0286. The van der Waals surface area contributed by atoms with Crippen LogP contribution < -0.4 is 31.6 Å². The van der Waals surface area contributed by atoms with Crippen molar-refractivity contribution < 1.29 is 81.0 Å². The van der Waals surface area contributed by atoms with Gasteiger partial charge in [0.1, 0.15) is 38.2 Å². The molecule has 0 saturated carbocycles. The van der Waals surface area contributed by atoms with E-state index in [0.29, 0.717) is 113 Å². The Labute approximate surface area is 535 Å². The van der Waals surface area contributed by atoms with Gasteiger partial charge in [0.05, 0.1) is 75.3 Å². The number of carbonyl (C=O) groups excluding carboxylic acids is 9. The van der Waals surface area contributed by atoms with Crippen molar-refractivity contribution in [2.75, 3.05) is 118 Å². The van der Waals surface area contributed by atoms with Crippen LogP contribution in [-0.4, -0.2) is 208 Å². The van der Waals surface area contributed by atoms with Crippen molar-refractivity contribution >= 4 is 64.4 Å². The second-order valence-electron chi connectivity index (χ2n) is 23.2. The molecule has 0 aliphatic carbocycles. The summed E-state index contributed by atoms with van der Waals surface area (Å²) in [5.41, 5.74) is 0.951. The maximum absolute atomic E-state index is 14.5. The molecule has 1 unspecified atom stereocenters. The highest BCUT2D eigenvalue weighted by molar-refractivity contribution is 6.12. The van der Waals surface area contributed by atoms with Crippen LogP contribution in [0.15, 0.2) is 41.2 Å². The summed E-state index contributed by atoms with van der Waals surface area (Å²) < 4.78 is 46.2. The van der Waals surface area contributed by atoms with Gasteiger partial charge in [-0.05, 0) is 120 Å². The largest absolute Gasteiger partial charge is 0.457 e. The summed E-state index contributed by atoms with van der Waals surface area (Å²) in [6.45, 7) is 10.3. The van der Waals surface area contributed by atoms with Gasteiger partial charge in [-0.3, -0.25) is 43.3 Å². The van der Waals surface area contributed by atoms with Gasteiger partial charge < -0.3 is 73.5 Å². The van der Waals surface area contributed by atoms with Gasteiger partial charge in [-0.25, -0.2) is 14.6 Å². The Kier molecular flexibility index (Phi) is 27.0. The number of carbonyl (C=O) groups is 9. The third-order valence-corrected chi connectivity index (χ3v) is 17.1. The molecule has 2 saturated heterocycles. The predicted molar refractivity (Wildman–Crippen MR) is 333 cm³/mol. The van der Waals surface area contributed by atoms with Crippen LogP contribution in [0.2, 0.25) is 0 Å². The predicted octanol–water partition coefficient (Wildman–Crippen LogP) is 3.23. The second-order valence-corrected chi connectivity index (χ2v) is 23.2. The molecule has 27 heteroatoms. The van der Waals surface area contributed by atoms with Crippen molar-refractivity contribution in [1.29, 1.82) is 0 Å². The minimum atomic E-state index is -2.08. The minimum absolute atomic E-state index is 0.0297. The van der Waals surface area contributed by atoms with Gasteiger partial charge in [0.15, 0.2) is 0 Å². The Hall–Kier alpha value is -7.69. The number of unbranched alkanes of at least 4 members (excludes halogenated alkanes) is 3. The highest BCUT2D eigenvalue weighted by atomic mass is 16.6. The van der Waals surface area contributed by atoms with Crippen LogP contribution in [0.5, 0.6) is 5.75 Å². The van der Waals surface area contributed by atoms with E-state index in [1.54, 1.807) is 34.6 Å². The lowest BCUT2D eigenvalue weighted by Gasteiger charge is -2.39. The van der Waals surface area contributed by atoms with Crippen molar-refractivity contribution in [2.24, 2.45) is 0 Å². The number of benzene rings is 1. The van der Waals surface area contributed by atoms with Gasteiger partial charge >= 0.3 is 18.0 Å². The number of aryl methyl sites for hydroxylation is 1. The number of fused-ring (bicyclic) bond motifs is 5. The first-order chi connectivity index (χ1) is 44.6. The summed E-state index contributed by atoms with van der Waals surface area (Å²) >= 11 is 0. The van der Waals surface area contributed by atoms with E-state index in [-0.39, 0.29) is 114 Å². The number of pyridine rings is 2. The Morgan fingerprint density at radius 1 is 0.717 bits per heavy atom. The number of esters is 2. The summed E-state index contributed by atoms with van der Waals surface area (Å²) in [6.07, 6.45) is 11.1. The monoisotopic (exact) mass is 1280 g/mol. The molecule has 92 heavy (non-hydrogen) atoms. The molecule has 3 aromatic rings. The van der Waals surface area contributed by atoms with Crippen molar-refractivity contribution in [3.05, 3.63) is 69.0 Å². The molecule has 0 spiro atoms. The number of amides is 7. The fraction of sp³-hybridized carbons (Fsp3) is 0.615. The van der Waals surface area contributed by atoms with Crippen LogP contribution >= 0.6 is 0 Å². The summed E-state index contributed by atoms with van der Waals surface area (Å²) in [6, 6.07) is 6.26. The summed E-state index contributed by atoms with van der Waals surface area (Å²) in [5.74, 6) is -4.02. The van der Waals surface area contributed by atoms with E-state index in [1.807, 2.05) is 19.9 Å². The molecule has 0 bridgehead atoms. The number of hydrogen-bond acceptors (Lipinski definition) is 20. The summed E-state index contributed by atoms with van der Waals surface area (Å²) in [7, 11) is 0. The zero-order valence-electron chi connectivity index (χ0n) is 53.2. The van der Waals surface area contributed by atoms with Crippen LogP contribution in [0.25, 0.3) is 22.3 Å². The standard InChI is InChI=1S/C65H89N9O18/c1-4-46-47-37-45(91-64(84)72-28-21-44(22-29-72)71-25-12-8-13-26-71)17-18-51(47)70-60-48(46)40-74-53(60)38-50-49(62(74)82)41-90-63(83)65(50,5-2)92-59(80)39-68-61(81)52(15-10-11-23-66-55(76)42-88-35-31-85-6-3)69-56(77)43-89-36-34-87-33-32-86-30-24-67-54(75)16-9-7-14-27-73-57(78)19-20-58(73)79/h17-20,37-38,44,52H,4-16,21-36,39-43H2,1-3H3,(H,66,76)(H,67,75)(H,68,81)(H,69,77)/t52?,65-/m0/s1. The third kappa shape index (κ3) is 19.0. The van der Waals surface area contributed by atoms with Crippen LogP contribution in [0.4, 0.5) is 4.79 Å². The number of nitrogens with one attached hydrogen (secondary N) is 4. The molecule has 27 nitrogen and oxygen atoms in total. The van der Waals surface area contributed by atoms with Crippen LogP contribution in [0.3, 0.4) is 0 Å². The molecule has 7 heterocycles. The molecular weight excluding hydrogens is 1190 g/mol. The molecule has 2 atom stereocenters. The van der Waals surface area contributed by atoms with Crippen LogP contribution in [0.1, 0.15) is 126 Å². The Morgan fingerprint density at radius 2 is 1.41 bits per heavy atom. The van der Waals surface area contributed by atoms with Crippen molar-refractivity contribution in [1.82, 2.24) is 45.5 Å². The minimum Gasteiger partial charge on any atom is -0.457 e. The van der Waals surface area contributed by atoms with Gasteiger partial charge in [-0.1, -0.05) is 26.7 Å². The lowest BCUT2D eigenvalue weighted by atomic mass is 9.85. The molecule has 1 aromatic carbocycles. The van der Waals surface area contributed by atoms with Gasteiger partial charge in [0, 0.05) is 80.5 Å². The molecule has 2 aromatic heterocycles. The Bertz CT molecular complexity index is 3180. The number of piperidine rings is 2. The number of imide groups is 1. The van der Waals surface area contributed by atoms with E-state index in [0.717, 1.165) is 42.4 Å². The van der Waals surface area contributed by atoms with Crippen molar-refractivity contribution in [2.45, 2.75) is 141 Å². The average Bonchev–Trinajstić information content (AvgIpc) is 1.46. The molecule has 8 rings (SSSR count). The first-order valence-corrected chi connectivity index (χ1v) is 32.5. The summed E-state index contributed by atoms with van der Waals surface area (Å²) in [4.78, 5) is 141. The first-order valence-electron chi connectivity index (χ1n) is 32.5. The number of nitrogens with zero attached hydrogens (tertiary/aromatic N) is 5. The second kappa shape index (κ2) is 35.4. The first kappa shape index (κ1) is 70.2. The molecule has 5 aliphatic rings. The van der Waals surface area contributed by atoms with Crippen molar-refractivity contribution in [3.8, 4) is 17.1 Å². The van der Waals surface area contributed by atoms with E-state index in [9.17, 15) is 47.9 Å². The summed E-state index contributed by atoms with van der Waals surface area (Å²) in [5, 5.41) is 11.5. The molecular formula is C65H89N9O18. The van der Waals surface area contributed by atoms with Crippen LogP contribution in [-0.2, 0) is 96.7 Å². The van der Waals surface area contributed by atoms with Crippen LogP contribution in [0, 0.1) is 0 Å². The smallest absolute Gasteiger partial charge is 0.415 e. The van der Waals surface area contributed by atoms with E-state index < -0.39 is 60.2 Å². The van der Waals surface area contributed by atoms with Gasteiger partial charge in [0.2, 0.25) is 29.2 Å². The number of ether oxygens (including phenoxy) is 8. The molecule has 0 radical (unpaired) electrons. The zero-order chi connectivity index (χ0) is 65.4. The van der Waals surface area contributed by atoms with E-state index in [4.69, 9.17) is 42.9 Å².